The Morgan fingerprint density at radius 3 is 2.80 bits per heavy atom. The van der Waals surface area contributed by atoms with Crippen LogP contribution in [0.3, 0.4) is 0 Å². The number of aromatic nitrogens is 4. The first kappa shape index (κ1) is 21.9. The van der Waals surface area contributed by atoms with Gasteiger partial charge in [0, 0.05) is 38.0 Å². The minimum absolute atomic E-state index is 0.211. The second-order valence-corrected chi connectivity index (χ2v) is 9.28. The first-order chi connectivity index (χ1) is 17.1. The maximum Gasteiger partial charge on any atom is 0.228 e. The zero-order valence-corrected chi connectivity index (χ0v) is 19.6. The van der Waals surface area contributed by atoms with Gasteiger partial charge in [0.25, 0.3) is 0 Å². The monoisotopic (exact) mass is 474 g/mol. The number of nitrogens with zero attached hydrogens (tertiary/aromatic N) is 5. The van der Waals surface area contributed by atoms with Crippen molar-refractivity contribution in [2.75, 3.05) is 25.0 Å². The van der Waals surface area contributed by atoms with Crippen LogP contribution in [0.15, 0.2) is 59.4 Å². The Balaban J connectivity index is 1.28. The summed E-state index contributed by atoms with van der Waals surface area (Å²) in [5.74, 6) is 1.51. The van der Waals surface area contributed by atoms with E-state index in [2.05, 4.69) is 16.3 Å². The van der Waals surface area contributed by atoms with Gasteiger partial charge in [-0.3, -0.25) is 4.90 Å². The summed E-state index contributed by atoms with van der Waals surface area (Å²) in [6, 6.07) is 10.4. The number of hydrogen-bond donors (Lipinski definition) is 1. The van der Waals surface area contributed by atoms with E-state index in [1.54, 1.807) is 10.8 Å². The van der Waals surface area contributed by atoms with E-state index in [-0.39, 0.29) is 5.82 Å². The average molecular weight is 475 g/mol. The van der Waals surface area contributed by atoms with Crippen LogP contribution in [0.5, 0.6) is 0 Å². The molecular formula is C26H27FN6O2. The Labute approximate surface area is 202 Å². The van der Waals surface area contributed by atoms with E-state index in [4.69, 9.17) is 24.2 Å². The summed E-state index contributed by atoms with van der Waals surface area (Å²) in [7, 11) is 0. The molecule has 2 aliphatic heterocycles. The molecule has 35 heavy (non-hydrogen) atoms. The first-order valence-corrected chi connectivity index (χ1v) is 11.9. The fraction of sp³-hybridized carbons (Fsp3) is 0.346. The molecule has 1 atom stereocenters. The zero-order chi connectivity index (χ0) is 23.8. The van der Waals surface area contributed by atoms with E-state index < -0.39 is 5.72 Å². The second-order valence-electron chi connectivity index (χ2n) is 9.28. The van der Waals surface area contributed by atoms with Crippen molar-refractivity contribution in [3.8, 4) is 11.6 Å². The summed E-state index contributed by atoms with van der Waals surface area (Å²) in [5, 5.41) is 8.14. The van der Waals surface area contributed by atoms with Crippen LogP contribution in [0.2, 0.25) is 0 Å². The van der Waals surface area contributed by atoms with Gasteiger partial charge in [0.2, 0.25) is 11.8 Å². The maximum absolute atomic E-state index is 13.3. The molecule has 6 rings (SSSR count). The van der Waals surface area contributed by atoms with Gasteiger partial charge in [0.05, 0.1) is 6.26 Å². The second kappa shape index (κ2) is 8.90. The fourth-order valence-electron chi connectivity index (χ4n) is 4.76. The molecular weight excluding hydrogens is 447 g/mol. The van der Waals surface area contributed by atoms with Crippen LogP contribution < -0.4 is 5.32 Å². The van der Waals surface area contributed by atoms with E-state index in [1.807, 2.05) is 37.4 Å². The largest absolute Gasteiger partial charge is 0.461 e. The molecule has 1 N–H and O–H groups in total. The highest BCUT2D eigenvalue weighted by atomic mass is 19.1. The van der Waals surface area contributed by atoms with Gasteiger partial charge in [-0.25, -0.2) is 14.4 Å². The number of fused-ring (bicyclic) bond motifs is 1. The fourth-order valence-corrected chi connectivity index (χ4v) is 4.76. The third-order valence-electron chi connectivity index (χ3n) is 6.68. The van der Waals surface area contributed by atoms with Gasteiger partial charge in [-0.05, 0) is 61.6 Å². The highest BCUT2D eigenvalue weighted by Gasteiger charge is 2.31. The standard InChI is InChI=1S/C26H27FN6O2/c1-26(11-3-15-35-26)30-25-28-16-20(24-29-23(31-33(24)25)22-4-2-14-34-22)17-32-12-9-19(10-13-32)18-5-7-21(27)8-6-18/h2,4-9,14,16H,3,10-13,15,17H2,1H3,(H,28,30). The van der Waals surface area contributed by atoms with Gasteiger partial charge in [-0.2, -0.15) is 4.52 Å². The third-order valence-corrected chi connectivity index (χ3v) is 6.68. The number of benzene rings is 1. The van der Waals surface area contributed by atoms with Crippen molar-refractivity contribution >= 4 is 17.2 Å². The van der Waals surface area contributed by atoms with Crippen LogP contribution in [0.1, 0.15) is 37.3 Å². The van der Waals surface area contributed by atoms with Crippen LogP contribution in [-0.2, 0) is 11.3 Å². The van der Waals surface area contributed by atoms with Gasteiger partial charge in [-0.15, -0.1) is 5.10 Å². The molecule has 0 spiro atoms. The summed E-state index contributed by atoms with van der Waals surface area (Å²) >= 11 is 0. The van der Waals surface area contributed by atoms with Gasteiger partial charge in [-0.1, -0.05) is 18.2 Å². The van der Waals surface area contributed by atoms with E-state index in [0.717, 1.165) is 55.7 Å². The van der Waals surface area contributed by atoms with E-state index in [0.29, 0.717) is 24.1 Å². The average Bonchev–Trinajstić information content (AvgIpc) is 3.63. The maximum atomic E-state index is 13.3. The molecule has 4 aromatic rings. The SMILES string of the molecule is CC1(Nc2ncc(CN3CC=C(c4ccc(F)cc4)CC3)c3nc(-c4ccco4)nn23)CCCO1. The molecule has 1 fully saturated rings. The zero-order valence-electron chi connectivity index (χ0n) is 19.6. The lowest BCUT2D eigenvalue weighted by Crippen LogP contribution is -2.35. The van der Waals surface area contributed by atoms with E-state index in [9.17, 15) is 4.39 Å². The van der Waals surface area contributed by atoms with Gasteiger partial charge in [0.1, 0.15) is 11.5 Å². The Morgan fingerprint density at radius 1 is 1.20 bits per heavy atom. The number of rotatable bonds is 6. The molecule has 1 aromatic carbocycles. The van der Waals surface area contributed by atoms with Gasteiger partial charge in [0.15, 0.2) is 11.4 Å². The number of nitrogens with one attached hydrogen (secondary N) is 1. The molecule has 2 aliphatic rings. The number of anilines is 1. The molecule has 0 radical (unpaired) electrons. The number of ether oxygens (including phenoxy) is 1. The van der Waals surface area contributed by atoms with Crippen molar-refractivity contribution in [1.29, 1.82) is 0 Å². The van der Waals surface area contributed by atoms with Gasteiger partial charge >= 0.3 is 0 Å². The van der Waals surface area contributed by atoms with E-state index >= 15 is 0 Å². The van der Waals surface area contributed by atoms with Crippen LogP contribution in [0, 0.1) is 5.82 Å². The third kappa shape index (κ3) is 4.44. The molecule has 0 bridgehead atoms. The molecule has 1 saturated heterocycles. The lowest BCUT2D eigenvalue weighted by Gasteiger charge is -2.27. The molecule has 3 aromatic heterocycles. The van der Waals surface area contributed by atoms with Crippen molar-refractivity contribution in [3.63, 3.8) is 0 Å². The lowest BCUT2D eigenvalue weighted by molar-refractivity contribution is 0.0437. The first-order valence-electron chi connectivity index (χ1n) is 11.9. The molecule has 0 saturated carbocycles. The Hall–Kier alpha value is -3.56. The summed E-state index contributed by atoms with van der Waals surface area (Å²) < 4.78 is 26.5. The Bertz CT molecular complexity index is 1360. The summed E-state index contributed by atoms with van der Waals surface area (Å²) in [5.41, 5.74) is 3.57. The molecule has 9 heteroatoms. The lowest BCUT2D eigenvalue weighted by atomic mass is 9.99. The minimum Gasteiger partial charge on any atom is -0.461 e. The van der Waals surface area contributed by atoms with Crippen molar-refractivity contribution in [3.05, 3.63) is 71.9 Å². The highest BCUT2D eigenvalue weighted by molar-refractivity contribution is 5.66. The summed E-state index contributed by atoms with van der Waals surface area (Å²) in [6.45, 7) is 5.13. The Morgan fingerprint density at radius 2 is 2.09 bits per heavy atom. The molecule has 1 unspecified atom stereocenters. The van der Waals surface area contributed by atoms with Crippen molar-refractivity contribution in [2.45, 2.75) is 38.5 Å². The van der Waals surface area contributed by atoms with Crippen molar-refractivity contribution < 1.29 is 13.5 Å². The summed E-state index contributed by atoms with van der Waals surface area (Å²) in [6.07, 6.45) is 8.50. The summed E-state index contributed by atoms with van der Waals surface area (Å²) in [4.78, 5) is 11.9. The highest BCUT2D eigenvalue weighted by Crippen LogP contribution is 2.29. The smallest absolute Gasteiger partial charge is 0.228 e. The normalized spacial score (nSPS) is 20.9. The molecule has 0 amide bonds. The van der Waals surface area contributed by atoms with Crippen LogP contribution in [0.25, 0.3) is 22.8 Å². The predicted molar refractivity (Wildman–Crippen MR) is 130 cm³/mol. The Kier molecular flexibility index (Phi) is 5.58. The van der Waals surface area contributed by atoms with Crippen LogP contribution >= 0.6 is 0 Å². The van der Waals surface area contributed by atoms with E-state index in [1.165, 1.54) is 17.7 Å². The molecule has 180 valence electrons. The predicted octanol–water partition coefficient (Wildman–Crippen LogP) is 4.75. The number of hydrogen-bond acceptors (Lipinski definition) is 7. The van der Waals surface area contributed by atoms with Crippen molar-refractivity contribution in [2.24, 2.45) is 0 Å². The van der Waals surface area contributed by atoms with Gasteiger partial charge < -0.3 is 14.5 Å². The minimum atomic E-state index is -0.480. The van der Waals surface area contributed by atoms with Crippen LogP contribution in [-0.4, -0.2) is 49.9 Å². The van der Waals surface area contributed by atoms with Crippen molar-refractivity contribution in [1.82, 2.24) is 24.5 Å². The number of halogens is 1. The van der Waals surface area contributed by atoms with Crippen LogP contribution in [0.4, 0.5) is 10.3 Å². The number of furan rings is 1. The topological polar surface area (TPSA) is 80.7 Å². The molecule has 0 aliphatic carbocycles. The molecule has 5 heterocycles. The molecule has 8 nitrogen and oxygen atoms in total. The quantitative estimate of drug-likeness (QED) is 0.432.